The van der Waals surface area contributed by atoms with Crippen LogP contribution in [0.5, 0.6) is 0 Å². The first-order valence-electron chi connectivity index (χ1n) is 2.82. The van der Waals surface area contributed by atoms with E-state index in [1.165, 1.54) is 0 Å². The van der Waals surface area contributed by atoms with Gasteiger partial charge in [-0.05, 0) is 19.9 Å². The highest BCUT2D eigenvalue weighted by Gasteiger charge is 2.05. The third-order valence-electron chi connectivity index (χ3n) is 1.12. The number of aliphatic hydroxyl groups is 1. The normalized spacial score (nSPS) is 14.4. The van der Waals surface area contributed by atoms with Crippen LogP contribution in [0.4, 0.5) is 0 Å². The Balaban J connectivity index is -0.000000245. The van der Waals surface area contributed by atoms with Crippen LogP contribution in [-0.2, 0) is 0 Å². The zero-order valence-electron chi connectivity index (χ0n) is 5.99. The predicted molar refractivity (Wildman–Crippen MR) is 47.8 cm³/mol. The van der Waals surface area contributed by atoms with Crippen molar-refractivity contribution in [3.8, 4) is 0 Å². The highest BCUT2D eigenvalue weighted by atomic mass is 35.5. The van der Waals surface area contributed by atoms with E-state index in [0.717, 1.165) is 0 Å². The lowest BCUT2D eigenvalue weighted by atomic mass is 10.1. The first kappa shape index (κ1) is 16.8. The number of halogens is 2. The molecule has 0 rings (SSSR count). The molecule has 5 N–H and O–H groups in total. The Hall–Kier alpha value is 0.460. The standard InChI is InChI=1S/C5H14N2O.2ClH/c1-4(8)5(7)2-3-6;;/h4-5,8H,2-3,6-7H2,1H3;2*1H. The molecule has 0 amide bonds. The van der Waals surface area contributed by atoms with Crippen molar-refractivity contribution in [3.63, 3.8) is 0 Å². The fraction of sp³-hybridized carbons (Fsp3) is 1.00. The minimum atomic E-state index is -0.432. The van der Waals surface area contributed by atoms with E-state index in [1.54, 1.807) is 6.92 Å². The Kier molecular flexibility index (Phi) is 15.9. The van der Waals surface area contributed by atoms with Gasteiger partial charge in [-0.1, -0.05) is 0 Å². The van der Waals surface area contributed by atoms with Gasteiger partial charge in [0.2, 0.25) is 0 Å². The molecular weight excluding hydrogens is 175 g/mol. The molecule has 0 saturated heterocycles. The summed E-state index contributed by atoms with van der Waals surface area (Å²) in [4.78, 5) is 0. The van der Waals surface area contributed by atoms with E-state index >= 15 is 0 Å². The smallest absolute Gasteiger partial charge is 0.0663 e. The van der Waals surface area contributed by atoms with E-state index in [0.29, 0.717) is 13.0 Å². The number of aliphatic hydroxyl groups excluding tert-OH is 1. The topological polar surface area (TPSA) is 72.3 Å². The van der Waals surface area contributed by atoms with Crippen molar-refractivity contribution < 1.29 is 5.11 Å². The molecule has 0 fully saturated rings. The highest BCUT2D eigenvalue weighted by Crippen LogP contribution is 1.91. The third kappa shape index (κ3) is 8.46. The van der Waals surface area contributed by atoms with Gasteiger partial charge in [-0.3, -0.25) is 0 Å². The summed E-state index contributed by atoms with van der Waals surface area (Å²) in [6, 6.07) is -0.153. The third-order valence-corrected chi connectivity index (χ3v) is 1.12. The molecule has 66 valence electrons. The fourth-order valence-corrected chi connectivity index (χ4v) is 0.434. The average molecular weight is 191 g/mol. The van der Waals surface area contributed by atoms with E-state index in [-0.39, 0.29) is 30.9 Å². The van der Waals surface area contributed by atoms with Crippen LogP contribution in [0.25, 0.3) is 0 Å². The molecular formula is C5H16Cl2N2O. The van der Waals surface area contributed by atoms with Crippen molar-refractivity contribution in [1.82, 2.24) is 0 Å². The molecule has 0 aliphatic heterocycles. The maximum absolute atomic E-state index is 8.77. The summed E-state index contributed by atoms with van der Waals surface area (Å²) in [5.74, 6) is 0. The molecule has 0 aliphatic carbocycles. The van der Waals surface area contributed by atoms with Gasteiger partial charge in [0.25, 0.3) is 0 Å². The Morgan fingerprint density at radius 3 is 1.90 bits per heavy atom. The van der Waals surface area contributed by atoms with Gasteiger partial charge in [0.1, 0.15) is 0 Å². The molecule has 10 heavy (non-hydrogen) atoms. The summed E-state index contributed by atoms with van der Waals surface area (Å²) in [6.45, 7) is 2.21. The number of rotatable bonds is 3. The molecule has 2 atom stereocenters. The first-order valence-corrected chi connectivity index (χ1v) is 2.82. The van der Waals surface area contributed by atoms with Gasteiger partial charge in [-0.15, -0.1) is 24.8 Å². The summed E-state index contributed by atoms with van der Waals surface area (Å²) in [6.07, 6.45) is 0.260. The number of nitrogens with two attached hydrogens (primary N) is 2. The highest BCUT2D eigenvalue weighted by molar-refractivity contribution is 5.85. The van der Waals surface area contributed by atoms with E-state index in [9.17, 15) is 0 Å². The molecule has 0 spiro atoms. The Morgan fingerprint density at radius 1 is 1.40 bits per heavy atom. The van der Waals surface area contributed by atoms with Gasteiger partial charge >= 0.3 is 0 Å². The van der Waals surface area contributed by atoms with Crippen molar-refractivity contribution >= 4 is 24.8 Å². The van der Waals surface area contributed by atoms with Crippen molar-refractivity contribution in [2.75, 3.05) is 6.54 Å². The van der Waals surface area contributed by atoms with E-state index < -0.39 is 6.10 Å². The SMILES string of the molecule is CC(O)C(N)CCN.Cl.Cl. The molecule has 0 bridgehead atoms. The summed E-state index contributed by atoms with van der Waals surface area (Å²) in [5, 5.41) is 8.77. The molecule has 0 aromatic heterocycles. The summed E-state index contributed by atoms with van der Waals surface area (Å²) in [7, 11) is 0. The van der Waals surface area contributed by atoms with Crippen LogP contribution in [0, 0.1) is 0 Å². The lowest BCUT2D eigenvalue weighted by molar-refractivity contribution is 0.160. The van der Waals surface area contributed by atoms with E-state index in [4.69, 9.17) is 16.6 Å². The van der Waals surface area contributed by atoms with Gasteiger partial charge in [0, 0.05) is 6.04 Å². The minimum absolute atomic E-state index is 0. The van der Waals surface area contributed by atoms with Crippen LogP contribution < -0.4 is 11.5 Å². The van der Waals surface area contributed by atoms with Crippen LogP contribution in [-0.4, -0.2) is 23.8 Å². The first-order chi connectivity index (χ1) is 3.68. The van der Waals surface area contributed by atoms with Crippen LogP contribution in [0.15, 0.2) is 0 Å². The van der Waals surface area contributed by atoms with Crippen LogP contribution in [0.1, 0.15) is 13.3 Å². The summed E-state index contributed by atoms with van der Waals surface area (Å²) in [5.41, 5.74) is 10.6. The molecule has 0 aromatic rings. The molecule has 0 aliphatic rings. The average Bonchev–Trinajstić information content (AvgIpc) is 1.67. The summed E-state index contributed by atoms with van der Waals surface area (Å²) >= 11 is 0. The van der Waals surface area contributed by atoms with Crippen LogP contribution in [0.3, 0.4) is 0 Å². The van der Waals surface area contributed by atoms with Crippen LogP contribution >= 0.6 is 24.8 Å². The van der Waals surface area contributed by atoms with Gasteiger partial charge in [-0.2, -0.15) is 0 Å². The van der Waals surface area contributed by atoms with Gasteiger partial charge in [0.15, 0.2) is 0 Å². The van der Waals surface area contributed by atoms with Crippen molar-refractivity contribution in [1.29, 1.82) is 0 Å². The lowest BCUT2D eigenvalue weighted by Gasteiger charge is -2.11. The maximum Gasteiger partial charge on any atom is 0.0663 e. The number of hydrogen-bond donors (Lipinski definition) is 3. The molecule has 0 saturated carbocycles. The van der Waals surface area contributed by atoms with Crippen molar-refractivity contribution in [2.24, 2.45) is 11.5 Å². The van der Waals surface area contributed by atoms with Crippen molar-refractivity contribution in [2.45, 2.75) is 25.5 Å². The molecule has 3 nitrogen and oxygen atoms in total. The predicted octanol–water partition coefficient (Wildman–Crippen LogP) is -0.113. The van der Waals surface area contributed by atoms with E-state index in [1.807, 2.05) is 0 Å². The second kappa shape index (κ2) is 9.46. The van der Waals surface area contributed by atoms with Gasteiger partial charge in [-0.25, -0.2) is 0 Å². The van der Waals surface area contributed by atoms with Crippen LogP contribution in [0.2, 0.25) is 0 Å². The molecule has 2 unspecified atom stereocenters. The Bertz CT molecular complexity index is 63.6. The van der Waals surface area contributed by atoms with E-state index in [2.05, 4.69) is 0 Å². The quantitative estimate of drug-likeness (QED) is 0.582. The maximum atomic E-state index is 8.77. The minimum Gasteiger partial charge on any atom is -0.392 e. The number of hydrogen-bond acceptors (Lipinski definition) is 3. The monoisotopic (exact) mass is 190 g/mol. The molecule has 0 radical (unpaired) electrons. The molecule has 5 heteroatoms. The van der Waals surface area contributed by atoms with Crippen molar-refractivity contribution in [3.05, 3.63) is 0 Å². The van der Waals surface area contributed by atoms with Gasteiger partial charge < -0.3 is 16.6 Å². The largest absolute Gasteiger partial charge is 0.392 e. The second-order valence-corrected chi connectivity index (χ2v) is 1.98. The van der Waals surface area contributed by atoms with Gasteiger partial charge in [0.05, 0.1) is 6.10 Å². The summed E-state index contributed by atoms with van der Waals surface area (Å²) < 4.78 is 0. The zero-order valence-corrected chi connectivity index (χ0v) is 7.62. The molecule has 0 heterocycles. The molecule has 0 aromatic carbocycles. The Labute approximate surface area is 74.0 Å². The zero-order chi connectivity index (χ0) is 6.57. The lowest BCUT2D eigenvalue weighted by Crippen LogP contribution is -2.34. The Morgan fingerprint density at radius 2 is 1.80 bits per heavy atom. The fourth-order valence-electron chi connectivity index (χ4n) is 0.434. The second-order valence-electron chi connectivity index (χ2n) is 1.98.